The molecule has 9 aromatic heterocycles. The van der Waals surface area contributed by atoms with E-state index in [2.05, 4.69) is 144 Å². The van der Waals surface area contributed by atoms with Gasteiger partial charge in [0.2, 0.25) is 17.8 Å². The van der Waals surface area contributed by atoms with E-state index in [0.717, 1.165) is 217 Å². The van der Waals surface area contributed by atoms with Crippen LogP contribution in [-0.2, 0) is 9.47 Å². The van der Waals surface area contributed by atoms with Gasteiger partial charge in [-0.1, -0.05) is 72.8 Å². The largest absolute Gasteiger partial charge is 0.378 e. The summed E-state index contributed by atoms with van der Waals surface area (Å²) in [7, 11) is 0. The highest BCUT2D eigenvalue weighted by atomic mass is 19.1. The Morgan fingerprint density at radius 1 is 0.339 bits per heavy atom. The molecule has 0 bridgehead atoms. The lowest BCUT2D eigenvalue weighted by Gasteiger charge is -2.28. The summed E-state index contributed by atoms with van der Waals surface area (Å²) in [6.45, 7) is 13.3. The van der Waals surface area contributed by atoms with Crippen molar-refractivity contribution in [3.8, 4) is 11.4 Å². The molecule has 0 unspecified atom stereocenters. The van der Waals surface area contributed by atoms with Crippen molar-refractivity contribution in [1.29, 1.82) is 0 Å². The second-order valence-electron chi connectivity index (χ2n) is 30.4. The van der Waals surface area contributed by atoms with Gasteiger partial charge >= 0.3 is 0 Å². The number of nitrogens with zero attached hydrogens (tertiary/aromatic N) is 18. The average Bonchev–Trinajstić information content (AvgIpc) is 1.77. The number of para-hydroxylation sites is 5. The van der Waals surface area contributed by atoms with Crippen LogP contribution in [0.2, 0.25) is 0 Å². The van der Waals surface area contributed by atoms with E-state index in [0.29, 0.717) is 66.8 Å². The van der Waals surface area contributed by atoms with Crippen LogP contribution in [0, 0.1) is 18.6 Å². The van der Waals surface area contributed by atoms with Crippen molar-refractivity contribution in [2.75, 3.05) is 133 Å². The quantitative estimate of drug-likeness (QED) is 0.0456. The van der Waals surface area contributed by atoms with Crippen LogP contribution in [0.3, 0.4) is 0 Å². The summed E-state index contributed by atoms with van der Waals surface area (Å²) in [4.78, 5) is 61.8. The first-order chi connectivity index (χ1) is 62.6. The molecule has 0 amide bonds. The molecule has 4 aliphatic heterocycles. The number of halogens is 2. The molecule has 0 spiro atoms. The summed E-state index contributed by atoms with van der Waals surface area (Å²) in [5, 5.41) is 52.7. The molecule has 19 aromatic rings. The molecule has 4 aliphatic rings. The summed E-state index contributed by atoms with van der Waals surface area (Å²) < 4.78 is 38.0. The summed E-state index contributed by atoms with van der Waals surface area (Å²) in [6.07, 6.45) is 13.3. The van der Waals surface area contributed by atoms with Crippen LogP contribution in [-0.4, -0.2) is 182 Å². The lowest BCUT2D eigenvalue weighted by molar-refractivity contribution is 0.122. The highest BCUT2D eigenvalue weighted by Crippen LogP contribution is 2.35. The number of nitrogens with one attached hydrogen (secondary N) is 10. The van der Waals surface area contributed by atoms with E-state index in [4.69, 9.17) is 44.4 Å². The Morgan fingerprint density at radius 3 is 1.17 bits per heavy atom. The van der Waals surface area contributed by atoms with Gasteiger partial charge in [-0.05, 0) is 183 Å². The maximum absolute atomic E-state index is 13.7. The highest BCUT2D eigenvalue weighted by molar-refractivity contribution is 5.98. The van der Waals surface area contributed by atoms with Gasteiger partial charge in [0.1, 0.15) is 47.1 Å². The van der Waals surface area contributed by atoms with Gasteiger partial charge in [0, 0.05) is 143 Å². The topological polar surface area (TPSA) is 353 Å². The number of aromatic nitrogens is 18. The number of rotatable bonds is 15. The van der Waals surface area contributed by atoms with Crippen LogP contribution in [0.25, 0.3) is 104 Å². The van der Waals surface area contributed by atoms with Gasteiger partial charge in [-0.15, -0.1) is 0 Å². The molecule has 23 rings (SSSR count). The van der Waals surface area contributed by atoms with Crippen LogP contribution in [0.1, 0.15) is 17.8 Å². The number of H-pyrrole nitrogens is 3. The molecule has 632 valence electrons. The Bertz CT molecular complexity index is 6950. The average molecular weight is 1690 g/mol. The van der Waals surface area contributed by atoms with E-state index < -0.39 is 0 Å². The number of aromatic amines is 3. The molecule has 13 heterocycles. The van der Waals surface area contributed by atoms with Gasteiger partial charge in [-0.3, -0.25) is 15.3 Å². The Morgan fingerprint density at radius 2 is 0.732 bits per heavy atom. The zero-order chi connectivity index (χ0) is 85.6. The fourth-order valence-electron chi connectivity index (χ4n) is 15.3. The van der Waals surface area contributed by atoms with Crippen LogP contribution in [0.5, 0.6) is 0 Å². The number of fused-ring (bicyclic) bond motifs is 8. The van der Waals surface area contributed by atoms with Crippen molar-refractivity contribution in [3.05, 3.63) is 285 Å². The predicted molar refractivity (Wildman–Crippen MR) is 498 cm³/mol. The van der Waals surface area contributed by atoms with Gasteiger partial charge in [-0.25, -0.2) is 53.6 Å². The number of hydrogen-bond donors (Lipinski definition) is 10. The van der Waals surface area contributed by atoms with Crippen molar-refractivity contribution < 1.29 is 18.3 Å². The van der Waals surface area contributed by atoms with E-state index in [1.165, 1.54) is 36.2 Å². The summed E-state index contributed by atoms with van der Waals surface area (Å²) >= 11 is 0. The van der Waals surface area contributed by atoms with E-state index in [1.807, 2.05) is 177 Å². The van der Waals surface area contributed by atoms with Gasteiger partial charge in [0.25, 0.3) is 0 Å². The van der Waals surface area contributed by atoms with E-state index in [-0.39, 0.29) is 11.6 Å². The zero-order valence-electron chi connectivity index (χ0n) is 69.1. The summed E-state index contributed by atoms with van der Waals surface area (Å²) in [6, 6.07) is 69.2. The molecular formula is C95H86F2N28O2. The first-order valence-electron chi connectivity index (χ1n) is 41.9. The molecule has 0 aliphatic carbocycles. The molecule has 3 fully saturated rings. The molecule has 30 nitrogen and oxygen atoms in total. The number of piperazine rings is 1. The van der Waals surface area contributed by atoms with E-state index in [1.54, 1.807) is 24.5 Å². The fourth-order valence-corrected chi connectivity index (χ4v) is 15.3. The van der Waals surface area contributed by atoms with Crippen LogP contribution in [0.4, 0.5) is 84.2 Å². The third kappa shape index (κ3) is 19.4. The number of aryl methyl sites for hydroxylation is 1. The lowest BCUT2D eigenvalue weighted by Crippen LogP contribution is -2.44. The molecule has 10 N–H and O–H groups in total. The SMILES string of the molecule is C1=C(c2nc(Nc3ccc4[nH]ncc4c3)c3ccccc3n2)CCNC1.Cc1cc(F)cc(Nc2nc(N3CCOCC3)nc3ccccc23)c1.Fc1cccc(Nc2nc(-c3cncnc3)nc3ccccc23)c1.c1ccc2c(Nc3ccc4[nH]ncc4c3)nc(N3CCNCC3)nc2c1.c1ccc2c(Nc3ccc4[nH]ncc4c3)nc(N3CCOCC3)nc2c1. The highest BCUT2D eigenvalue weighted by Gasteiger charge is 2.23. The van der Waals surface area contributed by atoms with Gasteiger partial charge < -0.3 is 61.4 Å². The van der Waals surface area contributed by atoms with Crippen molar-refractivity contribution >= 4 is 168 Å². The minimum absolute atomic E-state index is 0.269. The lowest BCUT2D eigenvalue weighted by atomic mass is 10.1. The molecule has 32 heteroatoms. The third-order valence-corrected chi connectivity index (χ3v) is 21.6. The van der Waals surface area contributed by atoms with Crippen LogP contribution >= 0.6 is 0 Å². The second-order valence-corrected chi connectivity index (χ2v) is 30.4. The number of benzene rings is 10. The molecule has 10 aromatic carbocycles. The monoisotopic (exact) mass is 1690 g/mol. The zero-order valence-corrected chi connectivity index (χ0v) is 69.1. The predicted octanol–water partition coefficient (Wildman–Crippen LogP) is 17.0. The Hall–Kier alpha value is -15.8. The number of morpholine rings is 2. The van der Waals surface area contributed by atoms with Crippen molar-refractivity contribution in [2.45, 2.75) is 13.3 Å². The maximum atomic E-state index is 13.7. The van der Waals surface area contributed by atoms with E-state index in [9.17, 15) is 8.78 Å². The first-order valence-corrected chi connectivity index (χ1v) is 41.9. The number of hydrogen-bond acceptors (Lipinski definition) is 27. The minimum atomic E-state index is -0.310. The van der Waals surface area contributed by atoms with E-state index >= 15 is 0 Å². The Labute approximate surface area is 726 Å². The van der Waals surface area contributed by atoms with Gasteiger partial charge in [0.15, 0.2) is 11.6 Å². The van der Waals surface area contributed by atoms with Crippen LogP contribution in [0.15, 0.2) is 262 Å². The third-order valence-electron chi connectivity index (χ3n) is 21.6. The fraction of sp³-hybridized carbons (Fsp3) is 0.168. The van der Waals surface area contributed by atoms with Crippen molar-refractivity contribution in [2.24, 2.45) is 0 Å². The van der Waals surface area contributed by atoms with Crippen molar-refractivity contribution in [1.82, 2.24) is 101 Å². The normalized spacial score (nSPS) is 14.0. The summed E-state index contributed by atoms with van der Waals surface area (Å²) in [5.41, 5.74) is 14.5. The van der Waals surface area contributed by atoms with Gasteiger partial charge in [-0.2, -0.15) is 30.2 Å². The van der Waals surface area contributed by atoms with Gasteiger partial charge in [0.05, 0.1) is 94.7 Å². The molecule has 3 saturated heterocycles. The molecule has 0 saturated carbocycles. The molecule has 127 heavy (non-hydrogen) atoms. The van der Waals surface area contributed by atoms with Crippen molar-refractivity contribution in [3.63, 3.8) is 0 Å². The minimum Gasteiger partial charge on any atom is -0.378 e. The number of ether oxygens (including phenoxy) is 2. The molecule has 0 radical (unpaired) electrons. The molecular weight excluding hydrogens is 1600 g/mol. The summed E-state index contributed by atoms with van der Waals surface area (Å²) in [5.74, 6) is 6.64. The maximum Gasteiger partial charge on any atom is 0.228 e. The standard InChI is InChI=1S/C20H18N6.C19H19FN4O.C19H19N7.C19H18N6O.C18H12FN5/c1-2-4-18-16(3-1)20(25-19(24-18)13-7-9-21-10-8-13)23-15-5-6-17-14(11-15)12-22-26-17;1-13-10-14(20)12-15(11-13)21-18-16-4-2-3-5-17(16)22-19(23-18)24-6-8-25-9-7-24;1-2-4-17-15(3-1)18(24-19(23-17)26-9-7-20-8-10-26)22-14-5-6-16-13(11-14)12-21-25-16;1-2-4-17-15(3-1)18(23-19(22-17)25-7-9-26-10-8-25)21-14-5-6-16-13(11-14)12-20-24-16;19-13-4-3-5-14(8-13)22-18-15-6-1-2-7-16(15)23-17(24-18)12-9-20-11-21-10-12/h1-7,11-12,21H,8-10H2,(H,22,26)(H,23,24,25);2-5,10-12H,6-9H2,1H3,(H,21,22,23);1-6,11-12,20H,7-10H2,(H,21,25)(H,22,23,24);1-6,11-12H,7-10H2,(H,20,24)(H,21,22,23);1-11H,(H,22,23,24). The Balaban J connectivity index is 0.000000104. The van der Waals surface area contributed by atoms with Crippen LogP contribution < -0.4 is 51.9 Å². The smallest absolute Gasteiger partial charge is 0.228 e. The molecule has 0 atom stereocenters. The number of anilines is 13. The Kier molecular flexibility index (Phi) is 24.2. The first kappa shape index (κ1) is 80.9. The second kappa shape index (κ2) is 37.9.